The fourth-order valence-corrected chi connectivity index (χ4v) is 2.55. The summed E-state index contributed by atoms with van der Waals surface area (Å²) in [6, 6.07) is 2.04. The van der Waals surface area contributed by atoms with E-state index < -0.39 is 0 Å². The zero-order valence-corrected chi connectivity index (χ0v) is 12.1. The highest BCUT2D eigenvalue weighted by molar-refractivity contribution is 7.18. The van der Waals surface area contributed by atoms with Gasteiger partial charge in [-0.15, -0.1) is 11.3 Å². The van der Waals surface area contributed by atoms with Crippen LogP contribution in [0.2, 0.25) is 0 Å². The Morgan fingerprint density at radius 1 is 1.42 bits per heavy atom. The molecule has 0 aliphatic heterocycles. The van der Waals surface area contributed by atoms with Gasteiger partial charge in [-0.1, -0.05) is 6.92 Å². The Bertz CT molecular complexity index is 542. The molecule has 0 aliphatic carbocycles. The van der Waals surface area contributed by atoms with E-state index in [1.165, 1.54) is 4.88 Å². The Labute approximate surface area is 116 Å². The molecule has 0 fully saturated rings. The van der Waals surface area contributed by atoms with Gasteiger partial charge in [0, 0.05) is 24.4 Å². The average Bonchev–Trinajstić information content (AvgIpc) is 2.77. The van der Waals surface area contributed by atoms with Crippen molar-refractivity contribution in [1.29, 1.82) is 0 Å². The number of aliphatic hydroxyl groups excluding tert-OH is 1. The fourth-order valence-electron chi connectivity index (χ4n) is 1.68. The van der Waals surface area contributed by atoms with E-state index in [4.69, 9.17) is 9.84 Å². The lowest BCUT2D eigenvalue weighted by Crippen LogP contribution is -2.07. The van der Waals surface area contributed by atoms with Gasteiger partial charge in [0.2, 0.25) is 11.8 Å². The van der Waals surface area contributed by atoms with Gasteiger partial charge >= 0.3 is 0 Å². The Balaban J connectivity index is 2.28. The summed E-state index contributed by atoms with van der Waals surface area (Å²) in [6.07, 6.45) is 1.62. The number of ether oxygens (including phenoxy) is 1. The smallest absolute Gasteiger partial charge is 0.227 e. The molecule has 2 aromatic rings. The van der Waals surface area contributed by atoms with Crippen molar-refractivity contribution in [1.82, 2.24) is 9.97 Å². The van der Waals surface area contributed by atoms with Crippen LogP contribution in [-0.4, -0.2) is 34.8 Å². The molecule has 0 bridgehead atoms. The van der Waals surface area contributed by atoms with Crippen LogP contribution in [0.1, 0.15) is 24.6 Å². The summed E-state index contributed by atoms with van der Waals surface area (Å²) in [6.45, 7) is 5.57. The molecule has 0 saturated heterocycles. The summed E-state index contributed by atoms with van der Waals surface area (Å²) in [5.74, 6) is 1.21. The quantitative estimate of drug-likeness (QED) is 0.764. The Kier molecular flexibility index (Phi) is 4.93. The molecule has 0 atom stereocenters. The summed E-state index contributed by atoms with van der Waals surface area (Å²) in [5.41, 5.74) is 0. The van der Waals surface area contributed by atoms with Crippen LogP contribution in [-0.2, 0) is 0 Å². The van der Waals surface area contributed by atoms with Crippen LogP contribution in [0, 0.1) is 6.92 Å². The zero-order chi connectivity index (χ0) is 13.7. The van der Waals surface area contributed by atoms with Crippen molar-refractivity contribution in [2.24, 2.45) is 0 Å². The first kappa shape index (κ1) is 14.0. The lowest BCUT2D eigenvalue weighted by molar-refractivity contribution is 0.231. The predicted molar refractivity (Wildman–Crippen MR) is 78.1 cm³/mol. The first-order valence-corrected chi connectivity index (χ1v) is 7.32. The summed E-state index contributed by atoms with van der Waals surface area (Å²) in [5, 5.41) is 12.9. The van der Waals surface area contributed by atoms with Crippen molar-refractivity contribution >= 4 is 27.5 Å². The molecule has 2 aromatic heterocycles. The van der Waals surface area contributed by atoms with Crippen molar-refractivity contribution in [3.63, 3.8) is 0 Å². The first-order valence-electron chi connectivity index (χ1n) is 6.50. The Morgan fingerprint density at radius 3 is 3.00 bits per heavy atom. The third-order valence-electron chi connectivity index (χ3n) is 2.56. The monoisotopic (exact) mass is 281 g/mol. The van der Waals surface area contributed by atoms with Crippen LogP contribution < -0.4 is 10.1 Å². The molecule has 0 aliphatic rings. The van der Waals surface area contributed by atoms with Gasteiger partial charge in [-0.05, 0) is 19.4 Å². The number of hydrogen-bond donors (Lipinski definition) is 2. The standard InChI is InChI=1S/C13H19N3O2S/c1-3-5-14-13-15-11(18-7-4-6-17)10-8-9(2)19-12(10)16-13/h8,17H,3-7H2,1-2H3,(H,14,15,16). The number of nitrogens with zero attached hydrogens (tertiary/aromatic N) is 2. The number of anilines is 1. The summed E-state index contributed by atoms with van der Waals surface area (Å²) >= 11 is 1.63. The highest BCUT2D eigenvalue weighted by Gasteiger charge is 2.11. The maximum atomic E-state index is 8.81. The second-order valence-electron chi connectivity index (χ2n) is 4.28. The maximum Gasteiger partial charge on any atom is 0.227 e. The molecule has 104 valence electrons. The van der Waals surface area contributed by atoms with E-state index in [2.05, 4.69) is 22.2 Å². The van der Waals surface area contributed by atoms with Crippen molar-refractivity contribution in [3.8, 4) is 5.88 Å². The third kappa shape index (κ3) is 3.54. The molecule has 0 unspecified atom stereocenters. The van der Waals surface area contributed by atoms with E-state index in [0.717, 1.165) is 23.2 Å². The number of thiophene rings is 1. The average molecular weight is 281 g/mol. The predicted octanol–water partition coefficient (Wildman–Crippen LogP) is 2.58. The van der Waals surface area contributed by atoms with Crippen molar-refractivity contribution < 1.29 is 9.84 Å². The molecule has 6 heteroatoms. The molecule has 0 aromatic carbocycles. The summed E-state index contributed by atoms with van der Waals surface area (Å²) in [7, 11) is 0. The number of aliphatic hydroxyl groups is 1. The molecule has 0 radical (unpaired) electrons. The largest absolute Gasteiger partial charge is 0.477 e. The fraction of sp³-hybridized carbons (Fsp3) is 0.538. The van der Waals surface area contributed by atoms with Crippen LogP contribution in [0.25, 0.3) is 10.2 Å². The maximum absolute atomic E-state index is 8.81. The van der Waals surface area contributed by atoms with Crippen LogP contribution in [0.15, 0.2) is 6.07 Å². The minimum Gasteiger partial charge on any atom is -0.477 e. The molecule has 0 spiro atoms. The second kappa shape index (κ2) is 6.68. The van der Waals surface area contributed by atoms with E-state index in [9.17, 15) is 0 Å². The number of aromatic nitrogens is 2. The number of fused-ring (bicyclic) bond motifs is 1. The molecule has 2 heterocycles. The molecule has 0 amide bonds. The highest BCUT2D eigenvalue weighted by atomic mass is 32.1. The van der Waals surface area contributed by atoms with Gasteiger partial charge in [-0.25, -0.2) is 4.98 Å². The van der Waals surface area contributed by atoms with Gasteiger partial charge in [-0.2, -0.15) is 4.98 Å². The Hall–Kier alpha value is -1.40. The highest BCUT2D eigenvalue weighted by Crippen LogP contribution is 2.31. The molecule has 0 saturated carbocycles. The minimum absolute atomic E-state index is 0.123. The molecule has 2 rings (SSSR count). The number of nitrogens with one attached hydrogen (secondary N) is 1. The van der Waals surface area contributed by atoms with Crippen molar-refractivity contribution in [2.75, 3.05) is 25.1 Å². The van der Waals surface area contributed by atoms with Gasteiger partial charge in [0.25, 0.3) is 0 Å². The van der Waals surface area contributed by atoms with Crippen molar-refractivity contribution in [2.45, 2.75) is 26.7 Å². The molecule has 2 N–H and O–H groups in total. The van der Waals surface area contributed by atoms with Gasteiger partial charge in [0.15, 0.2) is 0 Å². The first-order chi connectivity index (χ1) is 9.24. The van der Waals surface area contributed by atoms with Crippen molar-refractivity contribution in [3.05, 3.63) is 10.9 Å². The minimum atomic E-state index is 0.123. The number of aryl methyl sites for hydroxylation is 1. The molecular formula is C13H19N3O2S. The van der Waals surface area contributed by atoms with E-state index in [1.807, 2.05) is 13.0 Å². The van der Waals surface area contributed by atoms with Crippen LogP contribution in [0.5, 0.6) is 5.88 Å². The normalized spacial score (nSPS) is 10.9. The van der Waals surface area contributed by atoms with E-state index in [0.29, 0.717) is 24.9 Å². The lowest BCUT2D eigenvalue weighted by Gasteiger charge is -2.08. The molecule has 19 heavy (non-hydrogen) atoms. The second-order valence-corrected chi connectivity index (χ2v) is 5.52. The van der Waals surface area contributed by atoms with E-state index in [1.54, 1.807) is 11.3 Å². The lowest BCUT2D eigenvalue weighted by atomic mass is 10.3. The number of hydrogen-bond acceptors (Lipinski definition) is 6. The molecule has 5 nitrogen and oxygen atoms in total. The summed E-state index contributed by atoms with van der Waals surface area (Å²) < 4.78 is 5.65. The van der Waals surface area contributed by atoms with Gasteiger partial charge in [0.1, 0.15) is 4.83 Å². The van der Waals surface area contributed by atoms with Crippen LogP contribution >= 0.6 is 11.3 Å². The summed E-state index contributed by atoms with van der Waals surface area (Å²) in [4.78, 5) is 11.0. The van der Waals surface area contributed by atoms with E-state index in [-0.39, 0.29) is 6.61 Å². The SMILES string of the molecule is CCCNc1nc(OCCCO)c2cc(C)sc2n1. The molecular weight excluding hydrogens is 262 g/mol. The third-order valence-corrected chi connectivity index (χ3v) is 3.50. The van der Waals surface area contributed by atoms with Gasteiger partial charge < -0.3 is 15.2 Å². The van der Waals surface area contributed by atoms with Crippen LogP contribution in [0.4, 0.5) is 5.95 Å². The van der Waals surface area contributed by atoms with E-state index >= 15 is 0 Å². The van der Waals surface area contributed by atoms with Crippen LogP contribution in [0.3, 0.4) is 0 Å². The zero-order valence-electron chi connectivity index (χ0n) is 11.3. The topological polar surface area (TPSA) is 67.3 Å². The Morgan fingerprint density at radius 2 is 2.26 bits per heavy atom. The van der Waals surface area contributed by atoms with Gasteiger partial charge in [-0.3, -0.25) is 0 Å². The van der Waals surface area contributed by atoms with Gasteiger partial charge in [0.05, 0.1) is 12.0 Å². The number of rotatable bonds is 7.